The number of rotatable bonds is 5. The smallest absolute Gasteiger partial charge is 0.261 e. The summed E-state index contributed by atoms with van der Waals surface area (Å²) in [6, 6.07) is 3.29. The highest BCUT2D eigenvalue weighted by Gasteiger charge is 2.34. The summed E-state index contributed by atoms with van der Waals surface area (Å²) in [7, 11) is 2.95. The van der Waals surface area contributed by atoms with Crippen molar-refractivity contribution in [3.63, 3.8) is 0 Å². The normalized spacial score (nSPS) is 21.5. The average molecular weight is 266 g/mol. The number of nitrogens with one attached hydrogen (secondary N) is 2. The van der Waals surface area contributed by atoms with Crippen molar-refractivity contribution in [1.29, 1.82) is 0 Å². The van der Waals surface area contributed by atoms with E-state index < -0.39 is 11.8 Å². The summed E-state index contributed by atoms with van der Waals surface area (Å²) in [6.07, 6.45) is 0.324. The molecule has 0 spiro atoms. The Balaban J connectivity index is 2.14. The van der Waals surface area contributed by atoms with Gasteiger partial charge in [0.2, 0.25) is 0 Å². The number of methoxy groups -OCH3 is 2. The van der Waals surface area contributed by atoms with Crippen LogP contribution in [0.2, 0.25) is 0 Å². The zero-order valence-corrected chi connectivity index (χ0v) is 11.2. The first-order chi connectivity index (χ1) is 9.06. The van der Waals surface area contributed by atoms with Crippen molar-refractivity contribution >= 4 is 5.91 Å². The van der Waals surface area contributed by atoms with Crippen LogP contribution >= 0.6 is 0 Å². The first-order valence-electron chi connectivity index (χ1n) is 6.16. The second-order valence-electron chi connectivity index (χ2n) is 4.75. The van der Waals surface area contributed by atoms with Crippen LogP contribution in [-0.2, 0) is 9.47 Å². The van der Waals surface area contributed by atoms with Gasteiger partial charge in [-0.25, -0.2) is 0 Å². The van der Waals surface area contributed by atoms with Crippen LogP contribution in [-0.4, -0.2) is 31.2 Å². The zero-order chi connectivity index (χ0) is 14.0. The van der Waals surface area contributed by atoms with E-state index in [1.165, 1.54) is 20.3 Å². The number of aromatic amines is 1. The summed E-state index contributed by atoms with van der Waals surface area (Å²) in [4.78, 5) is 26.4. The maximum absolute atomic E-state index is 11.9. The molecule has 2 atom stereocenters. The van der Waals surface area contributed by atoms with Gasteiger partial charge in [-0.05, 0) is 24.5 Å². The largest absolute Gasteiger partial charge is 0.350 e. The Bertz CT molecular complexity index is 522. The summed E-state index contributed by atoms with van der Waals surface area (Å²) < 4.78 is 10.1. The molecular weight excluding hydrogens is 248 g/mol. The summed E-state index contributed by atoms with van der Waals surface area (Å²) in [5.74, 6) is 0.155. The Morgan fingerprint density at radius 2 is 2.05 bits per heavy atom. The molecular formula is C13H18N2O4. The Hall–Kier alpha value is -1.66. The van der Waals surface area contributed by atoms with Gasteiger partial charge in [0.15, 0.2) is 6.29 Å². The molecule has 2 rings (SSSR count). The summed E-state index contributed by atoms with van der Waals surface area (Å²) >= 11 is 0. The van der Waals surface area contributed by atoms with Crippen LogP contribution in [0.25, 0.3) is 0 Å². The van der Waals surface area contributed by atoms with Gasteiger partial charge in [-0.15, -0.1) is 0 Å². The molecule has 1 aliphatic rings. The number of pyridine rings is 1. The van der Waals surface area contributed by atoms with E-state index in [4.69, 9.17) is 9.47 Å². The predicted molar refractivity (Wildman–Crippen MR) is 68.9 cm³/mol. The molecule has 1 aromatic rings. The van der Waals surface area contributed by atoms with Crippen LogP contribution in [0.5, 0.6) is 0 Å². The third kappa shape index (κ3) is 3.02. The maximum Gasteiger partial charge on any atom is 0.261 e. The minimum absolute atomic E-state index is 0.105. The minimum atomic E-state index is -0.645. The van der Waals surface area contributed by atoms with Gasteiger partial charge in [-0.2, -0.15) is 0 Å². The summed E-state index contributed by atoms with van der Waals surface area (Å²) in [5.41, 5.74) is 0.141. The Morgan fingerprint density at radius 3 is 2.53 bits per heavy atom. The first-order valence-corrected chi connectivity index (χ1v) is 6.16. The molecule has 1 fully saturated rings. The third-order valence-electron chi connectivity index (χ3n) is 3.28. The van der Waals surface area contributed by atoms with E-state index >= 15 is 0 Å². The standard InChI is InChI=1S/C13H18N2O4/c1-7-6-10(7)15-12(17)8-4-5-9(14-11(8)16)13(18-2)19-3/h4-5,7,10,13H,6H2,1-3H3,(H,14,16)(H,15,17). The molecule has 1 aromatic heterocycles. The van der Waals surface area contributed by atoms with Crippen molar-refractivity contribution in [2.75, 3.05) is 14.2 Å². The van der Waals surface area contributed by atoms with Crippen molar-refractivity contribution < 1.29 is 14.3 Å². The van der Waals surface area contributed by atoms with Crippen LogP contribution in [0.3, 0.4) is 0 Å². The number of carbonyl (C=O) groups is 1. The van der Waals surface area contributed by atoms with Crippen molar-refractivity contribution in [3.05, 3.63) is 33.7 Å². The van der Waals surface area contributed by atoms with Crippen LogP contribution in [0.4, 0.5) is 0 Å². The maximum atomic E-state index is 11.9. The number of aromatic nitrogens is 1. The molecule has 1 heterocycles. The highest BCUT2D eigenvalue weighted by atomic mass is 16.7. The molecule has 2 unspecified atom stereocenters. The predicted octanol–water partition coefficient (Wildman–Crippen LogP) is 0.804. The topological polar surface area (TPSA) is 80.4 Å². The molecule has 6 nitrogen and oxygen atoms in total. The van der Waals surface area contributed by atoms with Gasteiger partial charge in [-0.3, -0.25) is 9.59 Å². The molecule has 0 saturated heterocycles. The molecule has 1 amide bonds. The number of hydrogen-bond acceptors (Lipinski definition) is 4. The van der Waals surface area contributed by atoms with E-state index in [-0.39, 0.29) is 17.5 Å². The Morgan fingerprint density at radius 1 is 1.42 bits per heavy atom. The van der Waals surface area contributed by atoms with Gasteiger partial charge in [0.05, 0.1) is 5.69 Å². The van der Waals surface area contributed by atoms with E-state index in [9.17, 15) is 9.59 Å². The average Bonchev–Trinajstić information content (AvgIpc) is 3.06. The fraction of sp³-hybridized carbons (Fsp3) is 0.538. The molecule has 0 aliphatic heterocycles. The Labute approximate surface area is 111 Å². The second-order valence-corrected chi connectivity index (χ2v) is 4.75. The highest BCUT2D eigenvalue weighted by Crippen LogP contribution is 2.29. The Kier molecular flexibility index (Phi) is 4.01. The zero-order valence-electron chi connectivity index (χ0n) is 11.2. The number of hydrogen-bond donors (Lipinski definition) is 2. The lowest BCUT2D eigenvalue weighted by atomic mass is 10.2. The molecule has 1 aliphatic carbocycles. The van der Waals surface area contributed by atoms with Crippen LogP contribution in [0, 0.1) is 5.92 Å². The first kappa shape index (κ1) is 13.8. The van der Waals surface area contributed by atoms with Crippen molar-refractivity contribution in [1.82, 2.24) is 10.3 Å². The molecule has 104 valence electrons. The monoisotopic (exact) mass is 266 g/mol. The number of ether oxygens (including phenoxy) is 2. The van der Waals surface area contributed by atoms with Gasteiger partial charge < -0.3 is 19.8 Å². The van der Waals surface area contributed by atoms with Crippen LogP contribution in [0.15, 0.2) is 16.9 Å². The lowest BCUT2D eigenvalue weighted by Crippen LogP contribution is -2.32. The van der Waals surface area contributed by atoms with Gasteiger partial charge in [0.1, 0.15) is 5.56 Å². The lowest BCUT2D eigenvalue weighted by molar-refractivity contribution is -0.108. The number of H-pyrrole nitrogens is 1. The van der Waals surface area contributed by atoms with E-state index in [1.807, 2.05) is 0 Å². The molecule has 0 radical (unpaired) electrons. The third-order valence-corrected chi connectivity index (χ3v) is 3.28. The molecule has 1 saturated carbocycles. The van der Waals surface area contributed by atoms with Crippen LogP contribution < -0.4 is 10.9 Å². The van der Waals surface area contributed by atoms with Crippen molar-refractivity contribution in [2.45, 2.75) is 25.7 Å². The van der Waals surface area contributed by atoms with Crippen molar-refractivity contribution in [2.24, 2.45) is 5.92 Å². The van der Waals surface area contributed by atoms with E-state index in [0.717, 1.165) is 6.42 Å². The van der Waals surface area contributed by atoms with Gasteiger partial charge in [0, 0.05) is 20.3 Å². The lowest BCUT2D eigenvalue weighted by Gasteiger charge is -2.13. The fourth-order valence-electron chi connectivity index (χ4n) is 1.92. The molecule has 0 bridgehead atoms. The second kappa shape index (κ2) is 5.54. The summed E-state index contributed by atoms with van der Waals surface area (Å²) in [6.45, 7) is 2.06. The van der Waals surface area contributed by atoms with Gasteiger partial charge in [-0.1, -0.05) is 6.92 Å². The van der Waals surface area contributed by atoms with Gasteiger partial charge >= 0.3 is 0 Å². The quantitative estimate of drug-likeness (QED) is 0.773. The van der Waals surface area contributed by atoms with Crippen LogP contribution in [0.1, 0.15) is 35.7 Å². The SMILES string of the molecule is COC(OC)c1ccc(C(=O)NC2CC2C)c(=O)[nH]1. The molecule has 2 N–H and O–H groups in total. The van der Waals surface area contributed by atoms with E-state index in [0.29, 0.717) is 11.6 Å². The summed E-state index contributed by atoms with van der Waals surface area (Å²) in [5, 5.41) is 2.82. The van der Waals surface area contributed by atoms with E-state index in [1.54, 1.807) is 6.07 Å². The van der Waals surface area contributed by atoms with Crippen molar-refractivity contribution in [3.8, 4) is 0 Å². The molecule has 19 heavy (non-hydrogen) atoms. The fourth-order valence-corrected chi connectivity index (χ4v) is 1.92. The molecule has 6 heteroatoms. The van der Waals surface area contributed by atoms with E-state index in [2.05, 4.69) is 17.2 Å². The molecule has 0 aromatic carbocycles. The number of carbonyl (C=O) groups excluding carboxylic acids is 1. The minimum Gasteiger partial charge on any atom is -0.350 e. The number of amides is 1. The van der Waals surface area contributed by atoms with Gasteiger partial charge in [0.25, 0.3) is 11.5 Å². The highest BCUT2D eigenvalue weighted by molar-refractivity contribution is 5.94.